The largest absolute Gasteiger partial charge is 0.374 e. The van der Waals surface area contributed by atoms with Crippen molar-refractivity contribution < 1.29 is 4.79 Å². The minimum atomic E-state index is 0.259. The first kappa shape index (κ1) is 10.0. The van der Waals surface area contributed by atoms with Crippen LogP contribution in [0.2, 0.25) is 0 Å². The third-order valence-corrected chi connectivity index (χ3v) is 2.18. The molecule has 0 saturated heterocycles. The molecule has 0 radical (unpaired) electrons. The zero-order valence-electron chi connectivity index (χ0n) is 8.47. The molecule has 0 aromatic rings. The Bertz CT molecular complexity index is 253. The van der Waals surface area contributed by atoms with E-state index in [9.17, 15) is 4.79 Å². The Balaban J connectivity index is 2.59. The van der Waals surface area contributed by atoms with Crippen molar-refractivity contribution in [2.24, 2.45) is 0 Å². The minimum Gasteiger partial charge on any atom is -0.374 e. The second-order valence-electron chi connectivity index (χ2n) is 3.77. The average Bonchev–Trinajstić information content (AvgIpc) is 2.03. The lowest BCUT2D eigenvalue weighted by Crippen LogP contribution is -2.22. The molecule has 0 aromatic heterocycles. The lowest BCUT2D eigenvalue weighted by molar-refractivity contribution is -0.115. The van der Waals surface area contributed by atoms with Gasteiger partial charge in [-0.1, -0.05) is 12.2 Å². The van der Waals surface area contributed by atoms with Crippen molar-refractivity contribution in [3.8, 4) is 0 Å². The predicted molar refractivity (Wildman–Crippen MR) is 54.4 cm³/mol. The van der Waals surface area contributed by atoms with Gasteiger partial charge in [0.1, 0.15) is 0 Å². The van der Waals surface area contributed by atoms with Crippen molar-refractivity contribution in [2.45, 2.75) is 26.2 Å². The first-order chi connectivity index (χ1) is 6.09. The molecule has 0 aliphatic heterocycles. The van der Waals surface area contributed by atoms with E-state index in [4.69, 9.17) is 0 Å². The molecule has 2 heteroatoms. The van der Waals surface area contributed by atoms with Crippen LogP contribution in [-0.2, 0) is 4.79 Å². The van der Waals surface area contributed by atoms with Gasteiger partial charge in [-0.05, 0) is 19.8 Å². The molecule has 0 fully saturated rings. The fourth-order valence-electron chi connectivity index (χ4n) is 1.58. The Labute approximate surface area is 79.9 Å². The summed E-state index contributed by atoms with van der Waals surface area (Å²) in [6.07, 6.45) is 4.50. The zero-order chi connectivity index (χ0) is 9.84. The number of carbonyl (C=O) groups is 1. The molecule has 0 heterocycles. The van der Waals surface area contributed by atoms with Gasteiger partial charge in [-0.15, -0.1) is 0 Å². The van der Waals surface area contributed by atoms with Crippen LogP contribution in [0.5, 0.6) is 0 Å². The summed E-state index contributed by atoms with van der Waals surface area (Å²) in [6, 6.07) is 0. The second kappa shape index (κ2) is 4.26. The van der Waals surface area contributed by atoms with Crippen LogP contribution in [0.25, 0.3) is 0 Å². The number of ketones is 1. The number of rotatable bonds is 3. The molecule has 13 heavy (non-hydrogen) atoms. The molecule has 1 aliphatic rings. The summed E-state index contributed by atoms with van der Waals surface area (Å²) in [7, 11) is 2.01. The van der Waals surface area contributed by atoms with Gasteiger partial charge in [0.15, 0.2) is 5.78 Å². The van der Waals surface area contributed by atoms with Crippen molar-refractivity contribution in [3.63, 3.8) is 0 Å². The molecule has 0 saturated carbocycles. The molecule has 0 aromatic carbocycles. The van der Waals surface area contributed by atoms with Gasteiger partial charge in [-0.3, -0.25) is 4.79 Å². The molecule has 2 nitrogen and oxygen atoms in total. The first-order valence-corrected chi connectivity index (χ1v) is 4.68. The van der Waals surface area contributed by atoms with Crippen LogP contribution >= 0.6 is 0 Å². The molecule has 1 rings (SSSR count). The molecule has 0 amide bonds. The van der Waals surface area contributed by atoms with E-state index in [1.54, 1.807) is 6.08 Å². The number of hydrogen-bond donors (Lipinski definition) is 0. The number of likely N-dealkylation sites (N-methyl/N-ethyl adjacent to an activating group) is 1. The quantitative estimate of drug-likeness (QED) is 0.619. The van der Waals surface area contributed by atoms with Crippen LogP contribution in [-0.4, -0.2) is 24.3 Å². The van der Waals surface area contributed by atoms with Gasteiger partial charge in [0.2, 0.25) is 0 Å². The van der Waals surface area contributed by atoms with Crippen molar-refractivity contribution in [3.05, 3.63) is 23.9 Å². The maximum absolute atomic E-state index is 11.1. The monoisotopic (exact) mass is 179 g/mol. The van der Waals surface area contributed by atoms with Crippen LogP contribution in [0.4, 0.5) is 0 Å². The highest BCUT2D eigenvalue weighted by Crippen LogP contribution is 2.18. The summed E-state index contributed by atoms with van der Waals surface area (Å²) in [5, 5.41) is 0. The van der Waals surface area contributed by atoms with Crippen LogP contribution in [0.15, 0.2) is 23.9 Å². The van der Waals surface area contributed by atoms with Crippen LogP contribution in [0.1, 0.15) is 26.2 Å². The molecule has 0 N–H and O–H groups in total. The third-order valence-electron chi connectivity index (χ3n) is 2.18. The van der Waals surface area contributed by atoms with E-state index in [1.807, 2.05) is 14.0 Å². The summed E-state index contributed by atoms with van der Waals surface area (Å²) < 4.78 is 0. The van der Waals surface area contributed by atoms with E-state index in [-0.39, 0.29) is 5.78 Å². The van der Waals surface area contributed by atoms with Crippen LogP contribution in [0, 0.1) is 0 Å². The van der Waals surface area contributed by atoms with Gasteiger partial charge in [0, 0.05) is 31.8 Å². The van der Waals surface area contributed by atoms with Crippen molar-refractivity contribution >= 4 is 5.78 Å². The predicted octanol–water partition coefficient (Wildman–Crippen LogP) is 2.13. The van der Waals surface area contributed by atoms with E-state index in [0.29, 0.717) is 6.42 Å². The van der Waals surface area contributed by atoms with Gasteiger partial charge in [-0.25, -0.2) is 0 Å². The van der Waals surface area contributed by atoms with Crippen molar-refractivity contribution in [1.29, 1.82) is 0 Å². The highest BCUT2D eigenvalue weighted by atomic mass is 16.1. The topological polar surface area (TPSA) is 20.3 Å². The highest BCUT2D eigenvalue weighted by molar-refractivity contribution is 5.91. The van der Waals surface area contributed by atoms with Crippen molar-refractivity contribution in [2.75, 3.05) is 13.6 Å². The molecule has 0 bridgehead atoms. The minimum absolute atomic E-state index is 0.259. The average molecular weight is 179 g/mol. The van der Waals surface area contributed by atoms with Gasteiger partial charge < -0.3 is 4.90 Å². The maximum Gasteiger partial charge on any atom is 0.157 e. The molecular formula is C11H17NO. The summed E-state index contributed by atoms with van der Waals surface area (Å²) in [5.74, 6) is 0.259. The van der Waals surface area contributed by atoms with Gasteiger partial charge in [-0.2, -0.15) is 0 Å². The lowest BCUT2D eigenvalue weighted by atomic mass is 10.0. The van der Waals surface area contributed by atoms with Gasteiger partial charge in [0.05, 0.1) is 0 Å². The van der Waals surface area contributed by atoms with E-state index in [0.717, 1.165) is 30.7 Å². The number of allylic oxidation sites excluding steroid dienone is 2. The SMILES string of the molecule is C=C(C)CN(C)C1=CC(=O)CCC1. The van der Waals surface area contributed by atoms with Crippen molar-refractivity contribution in [1.82, 2.24) is 4.90 Å². The number of carbonyl (C=O) groups excluding carboxylic acids is 1. The Kier molecular flexibility index (Phi) is 3.29. The van der Waals surface area contributed by atoms with Gasteiger partial charge >= 0.3 is 0 Å². The van der Waals surface area contributed by atoms with Crippen LogP contribution < -0.4 is 0 Å². The van der Waals surface area contributed by atoms with Crippen LogP contribution in [0.3, 0.4) is 0 Å². The molecule has 0 spiro atoms. The molecule has 0 atom stereocenters. The fraction of sp³-hybridized carbons (Fsp3) is 0.545. The lowest BCUT2D eigenvalue weighted by Gasteiger charge is -2.24. The van der Waals surface area contributed by atoms with E-state index >= 15 is 0 Å². The number of hydrogen-bond acceptors (Lipinski definition) is 2. The zero-order valence-corrected chi connectivity index (χ0v) is 8.47. The third kappa shape index (κ3) is 3.05. The molecule has 72 valence electrons. The maximum atomic E-state index is 11.1. The summed E-state index contributed by atoms with van der Waals surface area (Å²) in [6.45, 7) is 6.70. The summed E-state index contributed by atoms with van der Waals surface area (Å²) >= 11 is 0. The van der Waals surface area contributed by atoms with E-state index < -0.39 is 0 Å². The van der Waals surface area contributed by atoms with Gasteiger partial charge in [0.25, 0.3) is 0 Å². The number of nitrogens with zero attached hydrogens (tertiary/aromatic N) is 1. The fourth-order valence-corrected chi connectivity index (χ4v) is 1.58. The highest BCUT2D eigenvalue weighted by Gasteiger charge is 2.12. The molecular weight excluding hydrogens is 162 g/mol. The summed E-state index contributed by atoms with van der Waals surface area (Å²) in [5.41, 5.74) is 2.28. The van der Waals surface area contributed by atoms with E-state index in [2.05, 4.69) is 11.5 Å². The Morgan fingerprint density at radius 2 is 2.31 bits per heavy atom. The summed E-state index contributed by atoms with van der Waals surface area (Å²) in [4.78, 5) is 13.2. The Hall–Kier alpha value is -1.05. The van der Waals surface area contributed by atoms with E-state index in [1.165, 1.54) is 0 Å². The second-order valence-corrected chi connectivity index (χ2v) is 3.77. The Morgan fingerprint density at radius 1 is 1.62 bits per heavy atom. The molecule has 1 aliphatic carbocycles. The smallest absolute Gasteiger partial charge is 0.157 e. The standard InChI is InChI=1S/C11H17NO/c1-9(2)8-12(3)10-5-4-6-11(13)7-10/h7H,1,4-6,8H2,2-3H3. The normalized spacial score (nSPS) is 16.8. The molecule has 0 unspecified atom stereocenters. The Morgan fingerprint density at radius 3 is 2.85 bits per heavy atom. The first-order valence-electron chi connectivity index (χ1n) is 4.68.